The van der Waals surface area contributed by atoms with Crippen LogP contribution in [-0.4, -0.2) is 13.1 Å². The Hall–Kier alpha value is -0.910. The number of hydrazine groups is 1. The van der Waals surface area contributed by atoms with Gasteiger partial charge in [-0.2, -0.15) is 0 Å². The van der Waals surface area contributed by atoms with Crippen LogP contribution in [0, 0.1) is 9.49 Å². The first-order valence-electron chi connectivity index (χ1n) is 6.41. The van der Waals surface area contributed by atoms with Gasteiger partial charge in [-0.1, -0.05) is 0 Å². The zero-order valence-corrected chi connectivity index (χ0v) is 12.9. The fraction of sp³-hybridized carbons (Fsp3) is 0.429. The second-order valence-corrected chi connectivity index (χ2v) is 6.42. The average molecular weight is 355 g/mol. The Morgan fingerprint density at radius 2 is 2.22 bits per heavy atom. The lowest BCUT2D eigenvalue weighted by Gasteiger charge is -2.30. The van der Waals surface area contributed by atoms with Gasteiger partial charge < -0.3 is 10.7 Å². The van der Waals surface area contributed by atoms with Crippen LogP contribution in [0.15, 0.2) is 24.4 Å². The van der Waals surface area contributed by atoms with Crippen LogP contribution in [-0.2, 0) is 0 Å². The molecule has 1 heterocycles. The molecule has 2 aliphatic rings. The number of rotatable bonds is 3. The van der Waals surface area contributed by atoms with Crippen LogP contribution in [0.25, 0.3) is 5.70 Å². The minimum absolute atomic E-state index is 0.564. The number of hydrogen-bond donors (Lipinski definition) is 2. The Morgan fingerprint density at radius 3 is 2.94 bits per heavy atom. The normalized spacial score (nSPS) is 19.7. The van der Waals surface area contributed by atoms with Gasteiger partial charge in [-0.15, -0.1) is 0 Å². The topological polar surface area (TPSA) is 27.3 Å². The van der Waals surface area contributed by atoms with Crippen LogP contribution >= 0.6 is 22.6 Å². The molecule has 0 unspecified atom stereocenters. The molecule has 1 aromatic rings. The first-order valence-corrected chi connectivity index (χ1v) is 7.49. The molecular formula is C14H18IN3. The van der Waals surface area contributed by atoms with E-state index in [1.54, 1.807) is 0 Å². The fourth-order valence-corrected chi connectivity index (χ4v) is 2.87. The fourth-order valence-electron chi connectivity index (χ4n) is 2.40. The summed E-state index contributed by atoms with van der Waals surface area (Å²) in [5, 5.41) is 5.71. The van der Waals surface area contributed by atoms with Crippen molar-refractivity contribution >= 4 is 34.0 Å². The monoisotopic (exact) mass is 355 g/mol. The summed E-state index contributed by atoms with van der Waals surface area (Å²) in [6.45, 7) is 2.28. The molecule has 1 aromatic carbocycles. The van der Waals surface area contributed by atoms with E-state index >= 15 is 0 Å². The van der Waals surface area contributed by atoms with E-state index < -0.39 is 0 Å². The van der Waals surface area contributed by atoms with Crippen molar-refractivity contribution in [2.75, 3.05) is 12.1 Å². The molecule has 3 rings (SSSR count). The van der Waals surface area contributed by atoms with Crippen LogP contribution in [0.4, 0.5) is 5.69 Å². The Kier molecular flexibility index (Phi) is 3.13. The van der Waals surface area contributed by atoms with Gasteiger partial charge in [0.25, 0.3) is 0 Å². The number of anilines is 1. The lowest BCUT2D eigenvalue weighted by molar-refractivity contribution is 0.574. The van der Waals surface area contributed by atoms with Gasteiger partial charge in [0, 0.05) is 28.4 Å². The molecule has 1 fully saturated rings. The van der Waals surface area contributed by atoms with E-state index in [0.29, 0.717) is 6.04 Å². The molecule has 0 bridgehead atoms. The molecule has 1 atom stereocenters. The molecule has 1 aliphatic carbocycles. The Morgan fingerprint density at radius 1 is 1.44 bits per heavy atom. The van der Waals surface area contributed by atoms with Crippen molar-refractivity contribution in [1.29, 1.82) is 0 Å². The van der Waals surface area contributed by atoms with Crippen molar-refractivity contribution in [2.45, 2.75) is 25.8 Å². The minimum Gasteiger partial charge on any atom is -0.381 e. The van der Waals surface area contributed by atoms with Crippen LogP contribution in [0.1, 0.15) is 25.3 Å². The van der Waals surface area contributed by atoms with E-state index in [2.05, 4.69) is 69.7 Å². The molecule has 0 radical (unpaired) electrons. The van der Waals surface area contributed by atoms with Gasteiger partial charge in [0.15, 0.2) is 0 Å². The predicted molar refractivity (Wildman–Crippen MR) is 84.0 cm³/mol. The molecular weight excluding hydrogens is 337 g/mol. The van der Waals surface area contributed by atoms with E-state index in [4.69, 9.17) is 0 Å². The third-order valence-corrected chi connectivity index (χ3v) is 4.40. The minimum atomic E-state index is 0.564. The van der Waals surface area contributed by atoms with Gasteiger partial charge in [-0.3, -0.25) is 5.01 Å². The molecule has 96 valence electrons. The highest BCUT2D eigenvalue weighted by Gasteiger charge is 2.29. The average Bonchev–Trinajstić information content (AvgIpc) is 3.17. The summed E-state index contributed by atoms with van der Waals surface area (Å²) in [5.74, 6) is 0.859. The molecule has 0 amide bonds. The van der Waals surface area contributed by atoms with E-state index in [1.165, 1.54) is 33.4 Å². The van der Waals surface area contributed by atoms with E-state index in [1.807, 2.05) is 7.05 Å². The highest BCUT2D eigenvalue weighted by molar-refractivity contribution is 14.1. The smallest absolute Gasteiger partial charge is 0.0672 e. The molecule has 1 saturated carbocycles. The predicted octanol–water partition coefficient (Wildman–Crippen LogP) is 2.93. The Bertz CT molecular complexity index is 494. The summed E-state index contributed by atoms with van der Waals surface area (Å²) in [5.41, 5.74) is 7.01. The number of nitrogens with one attached hydrogen (secondary N) is 2. The summed E-state index contributed by atoms with van der Waals surface area (Å²) >= 11 is 2.35. The first kappa shape index (κ1) is 12.1. The molecule has 3 nitrogen and oxygen atoms in total. The van der Waals surface area contributed by atoms with Crippen molar-refractivity contribution < 1.29 is 0 Å². The maximum atomic E-state index is 3.65. The maximum Gasteiger partial charge on any atom is 0.0672 e. The van der Waals surface area contributed by atoms with Gasteiger partial charge >= 0.3 is 0 Å². The second kappa shape index (κ2) is 4.64. The van der Waals surface area contributed by atoms with Crippen molar-refractivity contribution in [3.63, 3.8) is 0 Å². The van der Waals surface area contributed by atoms with E-state index in [0.717, 1.165) is 5.92 Å². The van der Waals surface area contributed by atoms with Gasteiger partial charge in [0.1, 0.15) is 0 Å². The van der Waals surface area contributed by atoms with Crippen LogP contribution in [0.3, 0.4) is 0 Å². The van der Waals surface area contributed by atoms with Gasteiger partial charge in [-0.05, 0) is 66.5 Å². The maximum absolute atomic E-state index is 3.65. The first-order chi connectivity index (χ1) is 8.65. The van der Waals surface area contributed by atoms with Gasteiger partial charge in [0.2, 0.25) is 0 Å². The summed E-state index contributed by atoms with van der Waals surface area (Å²) < 4.78 is 1.26. The Balaban J connectivity index is 1.88. The molecule has 18 heavy (non-hydrogen) atoms. The van der Waals surface area contributed by atoms with Crippen LogP contribution < -0.4 is 15.8 Å². The SMILES string of the molecule is C[C@@H](NC1=CNN(C)c2cc(I)ccc21)C1CC1. The zero-order valence-electron chi connectivity index (χ0n) is 10.7. The van der Waals surface area contributed by atoms with Gasteiger partial charge in [-0.25, -0.2) is 0 Å². The highest BCUT2D eigenvalue weighted by atomic mass is 127. The lowest BCUT2D eigenvalue weighted by Crippen LogP contribution is -2.37. The summed E-state index contributed by atoms with van der Waals surface area (Å²) in [4.78, 5) is 0. The number of halogens is 1. The lowest BCUT2D eigenvalue weighted by atomic mass is 10.1. The van der Waals surface area contributed by atoms with Crippen molar-refractivity contribution in [3.05, 3.63) is 33.5 Å². The number of benzene rings is 1. The van der Waals surface area contributed by atoms with Gasteiger partial charge in [0.05, 0.1) is 11.4 Å². The van der Waals surface area contributed by atoms with Crippen molar-refractivity contribution in [3.8, 4) is 0 Å². The summed E-state index contributed by atoms with van der Waals surface area (Å²) in [6, 6.07) is 7.14. The quantitative estimate of drug-likeness (QED) is 0.817. The highest BCUT2D eigenvalue weighted by Crippen LogP contribution is 2.35. The zero-order chi connectivity index (χ0) is 12.7. The molecule has 2 N–H and O–H groups in total. The van der Waals surface area contributed by atoms with Crippen LogP contribution in [0.2, 0.25) is 0 Å². The molecule has 4 heteroatoms. The molecule has 0 saturated heterocycles. The largest absolute Gasteiger partial charge is 0.381 e. The van der Waals surface area contributed by atoms with E-state index in [9.17, 15) is 0 Å². The second-order valence-electron chi connectivity index (χ2n) is 5.18. The molecule has 0 aromatic heterocycles. The molecule has 0 spiro atoms. The number of nitrogens with zero attached hydrogens (tertiary/aromatic N) is 1. The molecule has 1 aliphatic heterocycles. The summed E-state index contributed by atoms with van der Waals surface area (Å²) in [7, 11) is 2.05. The van der Waals surface area contributed by atoms with Crippen LogP contribution in [0.5, 0.6) is 0 Å². The Labute approximate surface area is 122 Å². The third-order valence-electron chi connectivity index (χ3n) is 3.73. The van der Waals surface area contributed by atoms with Crippen molar-refractivity contribution in [1.82, 2.24) is 10.7 Å². The summed E-state index contributed by atoms with van der Waals surface area (Å²) in [6.07, 6.45) is 4.80. The third kappa shape index (κ3) is 2.30. The van der Waals surface area contributed by atoms with E-state index in [-0.39, 0.29) is 0 Å². The van der Waals surface area contributed by atoms with Crippen molar-refractivity contribution in [2.24, 2.45) is 5.92 Å². The standard InChI is InChI=1S/C14H18IN3/c1-9(10-3-4-10)17-13-8-16-18(2)14-7-11(15)5-6-12(13)14/h5-10,16-17H,3-4H2,1-2H3/t9-/m1/s1. The number of fused-ring (bicyclic) bond motifs is 1. The number of hydrogen-bond acceptors (Lipinski definition) is 3.